The Balaban J connectivity index is 0.000000754. The molecule has 24 heavy (non-hydrogen) atoms. The molecule has 0 aromatic heterocycles. The van der Waals surface area contributed by atoms with Gasteiger partial charge in [0.25, 0.3) is 0 Å². The minimum absolute atomic E-state index is 0.0394. The summed E-state index contributed by atoms with van der Waals surface area (Å²) in [7, 11) is 0. The summed E-state index contributed by atoms with van der Waals surface area (Å²) in [5, 5.41) is 11.0. The number of hydrogen-bond donors (Lipinski definition) is 2. The van der Waals surface area contributed by atoms with Gasteiger partial charge in [-0.1, -0.05) is 30.2 Å². The zero-order chi connectivity index (χ0) is 18.6. The summed E-state index contributed by atoms with van der Waals surface area (Å²) < 4.78 is 35.7. The van der Waals surface area contributed by atoms with Crippen molar-refractivity contribution >= 4 is 23.2 Å². The van der Waals surface area contributed by atoms with Crippen LogP contribution in [-0.2, 0) is 4.79 Å². The van der Waals surface area contributed by atoms with E-state index in [0.29, 0.717) is 30.0 Å². The first-order chi connectivity index (χ1) is 11.2. The number of unbranched alkanes of at least 4 members (excludes halogenated alkanes) is 2. The van der Waals surface area contributed by atoms with Crippen molar-refractivity contribution in [1.29, 1.82) is 5.41 Å². The van der Waals surface area contributed by atoms with Gasteiger partial charge in [0.15, 0.2) is 0 Å². The lowest BCUT2D eigenvalue weighted by molar-refractivity contribution is -0.135. The highest BCUT2D eigenvalue weighted by Crippen LogP contribution is 2.23. The van der Waals surface area contributed by atoms with Crippen LogP contribution in [0.2, 0.25) is 5.02 Å². The molecule has 0 unspecified atom stereocenters. The quantitative estimate of drug-likeness (QED) is 0.496. The van der Waals surface area contributed by atoms with Gasteiger partial charge in [-0.25, -0.2) is 0 Å². The van der Waals surface area contributed by atoms with Gasteiger partial charge in [-0.15, -0.1) is 0 Å². The van der Waals surface area contributed by atoms with E-state index in [-0.39, 0.29) is 12.3 Å². The first-order valence-corrected chi connectivity index (χ1v) is 8.18. The van der Waals surface area contributed by atoms with Crippen LogP contribution in [0.4, 0.5) is 13.2 Å². The lowest BCUT2D eigenvalue weighted by Crippen LogP contribution is -2.18. The second kappa shape index (κ2) is 11.9. The maximum atomic E-state index is 11.9. The molecule has 136 valence electrons. The Hall–Kier alpha value is -1.56. The van der Waals surface area contributed by atoms with Crippen molar-refractivity contribution in [3.63, 3.8) is 0 Å². The smallest absolute Gasteiger partial charge is 0.357 e. The van der Waals surface area contributed by atoms with Gasteiger partial charge in [-0.2, -0.15) is 13.2 Å². The Morgan fingerprint density at radius 3 is 2.17 bits per heavy atom. The molecule has 2 N–H and O–H groups in total. The molecule has 1 amide bonds. The monoisotopic (exact) mass is 364 g/mol. The molecule has 0 radical (unpaired) electrons. The zero-order valence-corrected chi connectivity index (χ0v) is 14.7. The van der Waals surface area contributed by atoms with Crippen molar-refractivity contribution in [3.8, 4) is 0 Å². The van der Waals surface area contributed by atoms with Crippen molar-refractivity contribution < 1.29 is 18.0 Å². The molecule has 0 bridgehead atoms. The summed E-state index contributed by atoms with van der Waals surface area (Å²) >= 11 is 5.73. The van der Waals surface area contributed by atoms with Crippen LogP contribution in [0.25, 0.3) is 0 Å². The lowest BCUT2D eigenvalue weighted by atomic mass is 10.0. The van der Waals surface area contributed by atoms with Gasteiger partial charge >= 0.3 is 6.18 Å². The number of rotatable bonds is 7. The third-order valence-electron chi connectivity index (χ3n) is 3.01. The minimum atomic E-state index is -4.07. The van der Waals surface area contributed by atoms with Crippen molar-refractivity contribution in [2.45, 2.75) is 52.1 Å². The molecule has 0 atom stereocenters. The molecule has 1 aromatic carbocycles. The van der Waals surface area contributed by atoms with Gasteiger partial charge in [0.2, 0.25) is 5.91 Å². The predicted molar refractivity (Wildman–Crippen MR) is 91.8 cm³/mol. The highest BCUT2D eigenvalue weighted by atomic mass is 35.5. The highest BCUT2D eigenvalue weighted by molar-refractivity contribution is 6.30. The molecule has 0 aliphatic rings. The largest absolute Gasteiger partial charge is 0.389 e. The average Bonchev–Trinajstić information content (AvgIpc) is 2.46. The molecule has 0 aliphatic heterocycles. The predicted octanol–water partition coefficient (Wildman–Crippen LogP) is 5.36. The Morgan fingerprint density at radius 2 is 1.75 bits per heavy atom. The fourth-order valence-corrected chi connectivity index (χ4v) is 1.97. The van der Waals surface area contributed by atoms with Crippen molar-refractivity contribution in [2.24, 2.45) is 0 Å². The van der Waals surface area contributed by atoms with E-state index in [9.17, 15) is 18.0 Å². The molecule has 7 heteroatoms. The lowest BCUT2D eigenvalue weighted by Gasteiger charge is -2.06. The van der Waals surface area contributed by atoms with Crippen LogP contribution in [0.3, 0.4) is 0 Å². The molecule has 0 aliphatic carbocycles. The van der Waals surface area contributed by atoms with E-state index < -0.39 is 12.6 Å². The fraction of sp³-hybridized carbons (Fsp3) is 0.529. The number of halogens is 4. The molecule has 1 rings (SSSR count). The number of nitrogens with one attached hydrogen (secondary N) is 2. The molecular formula is C17H24ClF3N2O. The van der Waals surface area contributed by atoms with E-state index in [1.165, 1.54) is 6.92 Å². The molecule has 0 saturated heterocycles. The number of carbonyl (C=O) groups is 1. The van der Waals surface area contributed by atoms with Gasteiger partial charge in [-0.05, 0) is 43.9 Å². The third kappa shape index (κ3) is 12.9. The van der Waals surface area contributed by atoms with E-state index in [1.807, 2.05) is 6.92 Å². The van der Waals surface area contributed by atoms with E-state index in [2.05, 4.69) is 5.32 Å². The van der Waals surface area contributed by atoms with Crippen LogP contribution in [0.1, 0.15) is 51.5 Å². The standard InChI is InChI=1S/C13H15ClF3N.C4H9NO/c14-11-7-5-10(6-8-11)12(18)4-2-1-3-9-13(15,16)17;1-3-5-4(2)6/h5-8,18H,1-4,9H2;3H2,1-2H3,(H,5,6). The summed E-state index contributed by atoms with van der Waals surface area (Å²) in [6, 6.07) is 6.91. The van der Waals surface area contributed by atoms with Crippen LogP contribution in [0.15, 0.2) is 24.3 Å². The summed E-state index contributed by atoms with van der Waals surface area (Å²) in [6.07, 6.45) is -3.06. The molecule has 1 aromatic rings. The molecule has 0 fully saturated rings. The van der Waals surface area contributed by atoms with Gasteiger partial charge in [-0.3, -0.25) is 4.79 Å². The topological polar surface area (TPSA) is 53.0 Å². The summed E-state index contributed by atoms with van der Waals surface area (Å²) in [4.78, 5) is 9.93. The minimum Gasteiger partial charge on any atom is -0.357 e. The first kappa shape index (κ1) is 22.4. The summed E-state index contributed by atoms with van der Waals surface area (Å²) in [5.74, 6) is 0.0394. The number of benzene rings is 1. The maximum Gasteiger partial charge on any atom is 0.389 e. The zero-order valence-electron chi connectivity index (χ0n) is 14.0. The van der Waals surface area contributed by atoms with Gasteiger partial charge < -0.3 is 10.7 Å². The third-order valence-corrected chi connectivity index (χ3v) is 3.26. The summed E-state index contributed by atoms with van der Waals surface area (Å²) in [5.41, 5.74) is 1.22. The van der Waals surface area contributed by atoms with Crippen molar-refractivity contribution in [3.05, 3.63) is 34.9 Å². The second-order valence-corrected chi connectivity index (χ2v) is 5.68. The van der Waals surface area contributed by atoms with E-state index >= 15 is 0 Å². The normalized spacial score (nSPS) is 10.6. The molecule has 3 nitrogen and oxygen atoms in total. The molecule has 0 spiro atoms. The van der Waals surface area contributed by atoms with Crippen LogP contribution in [0.5, 0.6) is 0 Å². The first-order valence-electron chi connectivity index (χ1n) is 7.80. The van der Waals surface area contributed by atoms with E-state index in [0.717, 1.165) is 12.1 Å². The summed E-state index contributed by atoms with van der Waals surface area (Å²) in [6.45, 7) is 4.13. The fourth-order valence-electron chi connectivity index (χ4n) is 1.85. The van der Waals surface area contributed by atoms with Crippen LogP contribution < -0.4 is 5.32 Å². The van der Waals surface area contributed by atoms with Crippen LogP contribution >= 0.6 is 11.6 Å². The van der Waals surface area contributed by atoms with Crippen molar-refractivity contribution in [2.75, 3.05) is 6.54 Å². The molecular weight excluding hydrogens is 341 g/mol. The maximum absolute atomic E-state index is 11.9. The second-order valence-electron chi connectivity index (χ2n) is 5.25. The number of carbonyl (C=O) groups excluding carboxylic acids is 1. The van der Waals surface area contributed by atoms with E-state index in [4.69, 9.17) is 17.0 Å². The van der Waals surface area contributed by atoms with Crippen LogP contribution in [0, 0.1) is 5.41 Å². The Labute approximate surface area is 146 Å². The Bertz CT molecular complexity index is 502. The SMILES string of the molecule is CCNC(C)=O.N=C(CCCCCC(F)(F)F)c1ccc(Cl)cc1. The van der Waals surface area contributed by atoms with Gasteiger partial charge in [0.05, 0.1) is 0 Å². The molecule has 0 saturated carbocycles. The Morgan fingerprint density at radius 1 is 1.17 bits per heavy atom. The van der Waals surface area contributed by atoms with E-state index in [1.54, 1.807) is 24.3 Å². The highest BCUT2D eigenvalue weighted by Gasteiger charge is 2.25. The number of amides is 1. The number of alkyl halides is 3. The van der Waals surface area contributed by atoms with Crippen molar-refractivity contribution in [1.82, 2.24) is 5.32 Å². The van der Waals surface area contributed by atoms with Gasteiger partial charge in [0.1, 0.15) is 0 Å². The van der Waals surface area contributed by atoms with Crippen LogP contribution in [-0.4, -0.2) is 24.3 Å². The number of hydrogen-bond acceptors (Lipinski definition) is 2. The van der Waals surface area contributed by atoms with Gasteiger partial charge in [0, 0.05) is 30.6 Å². The average molecular weight is 365 g/mol. The molecule has 0 heterocycles. The Kier molecular flexibility index (Phi) is 11.1.